The van der Waals surface area contributed by atoms with Crippen LogP contribution >= 0.6 is 9.24 Å². The van der Waals surface area contributed by atoms with Crippen molar-refractivity contribution < 1.29 is 0 Å². The van der Waals surface area contributed by atoms with E-state index in [1.807, 2.05) is 6.92 Å². The molecule has 1 saturated carbocycles. The van der Waals surface area contributed by atoms with Crippen LogP contribution in [0.1, 0.15) is 56.7 Å². The van der Waals surface area contributed by atoms with E-state index in [-0.39, 0.29) is 5.41 Å². The highest BCUT2D eigenvalue weighted by Crippen LogP contribution is 2.39. The Bertz CT molecular complexity index is 389. The summed E-state index contributed by atoms with van der Waals surface area (Å²) in [5.74, 6) is 1.60. The van der Waals surface area contributed by atoms with Gasteiger partial charge in [-0.2, -0.15) is 0 Å². The van der Waals surface area contributed by atoms with Gasteiger partial charge in [0.2, 0.25) is 0 Å². The minimum absolute atomic E-state index is 0.106. The van der Waals surface area contributed by atoms with Crippen LogP contribution in [-0.4, -0.2) is 9.97 Å². The Hall–Kier alpha value is -0.490. The smallest absolute Gasteiger partial charge is 0.125 e. The largest absolute Gasteiger partial charge is 0.237 e. The Morgan fingerprint density at radius 3 is 2.27 bits per heavy atom. The average molecular weight is 222 g/mol. The van der Waals surface area contributed by atoms with Crippen LogP contribution in [0, 0.1) is 6.92 Å². The second-order valence-electron chi connectivity index (χ2n) is 5.44. The van der Waals surface area contributed by atoms with Crippen molar-refractivity contribution in [1.29, 1.82) is 0 Å². The molecule has 0 amide bonds. The lowest BCUT2D eigenvalue weighted by atomic mass is 9.91. The summed E-state index contributed by atoms with van der Waals surface area (Å²) in [6.45, 7) is 8.61. The van der Waals surface area contributed by atoms with Gasteiger partial charge < -0.3 is 0 Å². The summed E-state index contributed by atoms with van der Waals surface area (Å²) in [5, 5.41) is 1.23. The Kier molecular flexibility index (Phi) is 2.58. The van der Waals surface area contributed by atoms with E-state index in [2.05, 4.69) is 40.0 Å². The number of aromatic nitrogens is 2. The van der Waals surface area contributed by atoms with Crippen LogP contribution in [0.4, 0.5) is 0 Å². The molecule has 0 spiro atoms. The Morgan fingerprint density at radius 2 is 1.80 bits per heavy atom. The zero-order valence-electron chi connectivity index (χ0n) is 9.96. The first-order chi connectivity index (χ1) is 6.89. The van der Waals surface area contributed by atoms with E-state index in [0.29, 0.717) is 5.92 Å². The van der Waals surface area contributed by atoms with E-state index in [1.165, 1.54) is 29.5 Å². The molecule has 0 bridgehead atoms. The molecule has 0 aliphatic heterocycles. The predicted molar refractivity (Wildman–Crippen MR) is 66.8 cm³/mol. The highest BCUT2D eigenvalue weighted by Gasteiger charge is 2.30. The van der Waals surface area contributed by atoms with Gasteiger partial charge in [-0.3, -0.25) is 0 Å². The molecule has 1 aromatic heterocycles. The molecule has 0 saturated heterocycles. The van der Waals surface area contributed by atoms with E-state index in [1.54, 1.807) is 0 Å². The molecule has 15 heavy (non-hydrogen) atoms. The lowest BCUT2D eigenvalue weighted by Crippen LogP contribution is -2.25. The fourth-order valence-electron chi connectivity index (χ4n) is 1.84. The third kappa shape index (κ3) is 2.20. The third-order valence-electron chi connectivity index (χ3n) is 2.76. The molecular weight excluding hydrogens is 203 g/mol. The Labute approximate surface area is 94.1 Å². The van der Waals surface area contributed by atoms with Crippen LogP contribution in [0.15, 0.2) is 0 Å². The molecule has 82 valence electrons. The van der Waals surface area contributed by atoms with Crippen LogP contribution < -0.4 is 5.30 Å². The summed E-state index contributed by atoms with van der Waals surface area (Å²) in [5.41, 5.74) is 2.55. The average Bonchev–Trinajstić information content (AvgIpc) is 2.89. The molecule has 1 unspecified atom stereocenters. The predicted octanol–water partition coefficient (Wildman–Crippen LogP) is 2.46. The van der Waals surface area contributed by atoms with Crippen LogP contribution in [0.5, 0.6) is 0 Å². The highest BCUT2D eigenvalue weighted by molar-refractivity contribution is 7.27. The van der Waals surface area contributed by atoms with Gasteiger partial charge in [0, 0.05) is 16.6 Å². The Morgan fingerprint density at radius 1 is 1.20 bits per heavy atom. The number of aryl methyl sites for hydroxylation is 1. The second kappa shape index (κ2) is 3.52. The van der Waals surface area contributed by atoms with Crippen molar-refractivity contribution in [3.8, 4) is 0 Å². The van der Waals surface area contributed by atoms with Gasteiger partial charge in [-0.1, -0.05) is 20.8 Å². The number of hydrogen-bond donors (Lipinski definition) is 0. The normalized spacial score (nSPS) is 16.9. The molecule has 1 atom stereocenters. The highest BCUT2D eigenvalue weighted by atomic mass is 31.0. The first kappa shape index (κ1) is 11.0. The molecule has 1 heterocycles. The summed E-state index contributed by atoms with van der Waals surface area (Å²) >= 11 is 0. The van der Waals surface area contributed by atoms with E-state index >= 15 is 0 Å². The standard InChI is InChI=1S/C12H19N2P/c1-7-13-9(8-5-6-8)10(15)11(14-7)12(2,3)4/h8H,5-6,15H2,1-4H3. The zero-order valence-corrected chi connectivity index (χ0v) is 11.1. The topological polar surface area (TPSA) is 25.8 Å². The third-order valence-corrected chi connectivity index (χ3v) is 3.33. The van der Waals surface area contributed by atoms with Crippen molar-refractivity contribution in [2.75, 3.05) is 0 Å². The van der Waals surface area contributed by atoms with Gasteiger partial charge in [0.25, 0.3) is 0 Å². The minimum atomic E-state index is 0.106. The number of nitrogens with zero attached hydrogens (tertiary/aromatic N) is 2. The maximum Gasteiger partial charge on any atom is 0.125 e. The van der Waals surface area contributed by atoms with Crippen LogP contribution in [0.2, 0.25) is 0 Å². The quantitative estimate of drug-likeness (QED) is 0.682. The molecule has 1 fully saturated rings. The van der Waals surface area contributed by atoms with Gasteiger partial charge in [0.05, 0.1) is 11.4 Å². The van der Waals surface area contributed by atoms with Gasteiger partial charge in [0.1, 0.15) is 5.82 Å². The van der Waals surface area contributed by atoms with Crippen LogP contribution in [-0.2, 0) is 5.41 Å². The van der Waals surface area contributed by atoms with Crippen molar-refractivity contribution >= 4 is 14.5 Å². The van der Waals surface area contributed by atoms with Gasteiger partial charge in [-0.25, -0.2) is 9.97 Å². The number of hydrogen-bond acceptors (Lipinski definition) is 2. The molecule has 0 aromatic carbocycles. The second-order valence-corrected chi connectivity index (χ2v) is 6.02. The fraction of sp³-hybridized carbons (Fsp3) is 0.667. The molecule has 0 N–H and O–H groups in total. The Balaban J connectivity index is 2.54. The van der Waals surface area contributed by atoms with Crippen molar-refractivity contribution in [3.63, 3.8) is 0 Å². The fourth-order valence-corrected chi connectivity index (χ4v) is 2.64. The number of rotatable bonds is 1. The minimum Gasteiger partial charge on any atom is -0.237 e. The maximum atomic E-state index is 4.58. The first-order valence-corrected chi connectivity index (χ1v) is 6.12. The SMILES string of the molecule is Cc1nc(C2CC2)c(P)c(C(C)(C)C)n1. The molecule has 1 aliphatic rings. The van der Waals surface area contributed by atoms with Gasteiger partial charge in [-0.15, -0.1) is 9.24 Å². The van der Waals surface area contributed by atoms with Crippen molar-refractivity contribution in [1.82, 2.24) is 9.97 Å². The lowest BCUT2D eigenvalue weighted by Gasteiger charge is -2.22. The van der Waals surface area contributed by atoms with E-state index in [0.717, 1.165) is 5.82 Å². The van der Waals surface area contributed by atoms with Crippen molar-refractivity contribution in [3.05, 3.63) is 17.2 Å². The molecule has 2 nitrogen and oxygen atoms in total. The summed E-state index contributed by atoms with van der Waals surface area (Å²) < 4.78 is 0. The van der Waals surface area contributed by atoms with Gasteiger partial charge in [-0.05, 0) is 19.8 Å². The van der Waals surface area contributed by atoms with E-state index in [4.69, 9.17) is 0 Å². The molecule has 2 rings (SSSR count). The van der Waals surface area contributed by atoms with Crippen LogP contribution in [0.25, 0.3) is 0 Å². The summed E-state index contributed by atoms with van der Waals surface area (Å²) in [7, 11) is 2.84. The summed E-state index contributed by atoms with van der Waals surface area (Å²) in [6.07, 6.45) is 2.59. The molecular formula is C12H19N2P. The van der Waals surface area contributed by atoms with Gasteiger partial charge >= 0.3 is 0 Å². The molecule has 0 radical (unpaired) electrons. The zero-order chi connectivity index (χ0) is 11.2. The van der Waals surface area contributed by atoms with E-state index < -0.39 is 0 Å². The molecule has 3 heteroatoms. The van der Waals surface area contributed by atoms with Gasteiger partial charge in [0.15, 0.2) is 0 Å². The van der Waals surface area contributed by atoms with Crippen molar-refractivity contribution in [2.24, 2.45) is 0 Å². The lowest BCUT2D eigenvalue weighted by molar-refractivity contribution is 0.567. The maximum absolute atomic E-state index is 4.58. The molecule has 1 aliphatic carbocycles. The monoisotopic (exact) mass is 222 g/mol. The van der Waals surface area contributed by atoms with E-state index in [9.17, 15) is 0 Å². The first-order valence-electron chi connectivity index (χ1n) is 5.54. The summed E-state index contributed by atoms with van der Waals surface area (Å²) in [4.78, 5) is 9.16. The summed E-state index contributed by atoms with van der Waals surface area (Å²) in [6, 6.07) is 0. The van der Waals surface area contributed by atoms with Crippen molar-refractivity contribution in [2.45, 2.75) is 51.9 Å². The molecule has 1 aromatic rings. The van der Waals surface area contributed by atoms with Crippen LogP contribution in [0.3, 0.4) is 0 Å².